The number of rotatable bonds is 4. The van der Waals surface area contributed by atoms with Gasteiger partial charge in [-0.25, -0.2) is 0 Å². The first-order valence-electron chi connectivity index (χ1n) is 5.41. The molecule has 78 valence electrons. The van der Waals surface area contributed by atoms with Crippen LogP contribution in [0.5, 0.6) is 0 Å². The molecule has 0 aromatic rings. The van der Waals surface area contributed by atoms with Gasteiger partial charge in [0.15, 0.2) is 0 Å². The Balaban J connectivity index is 2.32. The Kier molecular flexibility index (Phi) is 3.36. The van der Waals surface area contributed by atoms with Gasteiger partial charge in [0, 0.05) is 17.6 Å². The van der Waals surface area contributed by atoms with Crippen LogP contribution in [0.15, 0.2) is 0 Å². The van der Waals surface area contributed by atoms with Gasteiger partial charge in [0.25, 0.3) is 0 Å². The van der Waals surface area contributed by atoms with Crippen LogP contribution in [0.2, 0.25) is 0 Å². The van der Waals surface area contributed by atoms with E-state index in [2.05, 4.69) is 31.4 Å². The summed E-state index contributed by atoms with van der Waals surface area (Å²) in [4.78, 5) is 0. The van der Waals surface area contributed by atoms with E-state index in [4.69, 9.17) is 0 Å². The lowest BCUT2D eigenvalue weighted by Crippen LogP contribution is -2.52. The van der Waals surface area contributed by atoms with Crippen molar-refractivity contribution in [2.24, 2.45) is 0 Å². The molecule has 1 saturated carbocycles. The fraction of sp³-hybridized carbons (Fsp3) is 1.00. The lowest BCUT2D eigenvalue weighted by molar-refractivity contribution is 0.300. The van der Waals surface area contributed by atoms with E-state index in [0.717, 1.165) is 6.54 Å². The molecule has 0 saturated heterocycles. The third-order valence-corrected chi connectivity index (χ3v) is 3.34. The molecule has 0 bridgehead atoms. The maximum Gasteiger partial charge on any atom is 0.0246 e. The Labute approximate surface area is 82.5 Å². The van der Waals surface area contributed by atoms with Crippen molar-refractivity contribution in [3.63, 3.8) is 0 Å². The fourth-order valence-corrected chi connectivity index (χ4v) is 1.85. The van der Waals surface area contributed by atoms with Gasteiger partial charge in [-0.15, -0.1) is 0 Å². The van der Waals surface area contributed by atoms with Crippen LogP contribution in [-0.4, -0.2) is 24.7 Å². The Morgan fingerprint density at radius 1 is 1.23 bits per heavy atom. The molecule has 2 heteroatoms. The second-order valence-electron chi connectivity index (χ2n) is 5.26. The Hall–Kier alpha value is -0.0800. The van der Waals surface area contributed by atoms with E-state index in [-0.39, 0.29) is 5.54 Å². The molecule has 1 aliphatic rings. The fourth-order valence-electron chi connectivity index (χ4n) is 1.85. The Morgan fingerprint density at radius 3 is 2.23 bits per heavy atom. The smallest absolute Gasteiger partial charge is 0.0246 e. The van der Waals surface area contributed by atoms with Gasteiger partial charge < -0.3 is 10.6 Å². The standard InChI is InChI=1S/C11H24N2/c1-10(2,12-4)9-13-11(3)7-5-6-8-11/h12-13H,5-9H2,1-4H3. The van der Waals surface area contributed by atoms with Crippen molar-refractivity contribution in [2.75, 3.05) is 13.6 Å². The predicted octanol–water partition coefficient (Wildman–Crippen LogP) is 1.91. The number of hydrogen-bond donors (Lipinski definition) is 2. The maximum atomic E-state index is 3.69. The molecule has 1 fully saturated rings. The van der Waals surface area contributed by atoms with E-state index in [0.29, 0.717) is 5.54 Å². The van der Waals surface area contributed by atoms with Crippen LogP contribution in [0.3, 0.4) is 0 Å². The summed E-state index contributed by atoms with van der Waals surface area (Å²) in [6, 6.07) is 0. The highest BCUT2D eigenvalue weighted by Crippen LogP contribution is 2.28. The maximum absolute atomic E-state index is 3.69. The van der Waals surface area contributed by atoms with E-state index in [1.54, 1.807) is 0 Å². The molecule has 0 aromatic carbocycles. The molecule has 0 amide bonds. The van der Waals surface area contributed by atoms with Crippen LogP contribution >= 0.6 is 0 Å². The monoisotopic (exact) mass is 184 g/mol. The Morgan fingerprint density at radius 2 is 1.77 bits per heavy atom. The average Bonchev–Trinajstić information content (AvgIpc) is 2.50. The molecule has 0 aliphatic heterocycles. The SMILES string of the molecule is CNC(C)(C)CNC1(C)CCCC1. The molecule has 0 spiro atoms. The number of nitrogens with one attached hydrogen (secondary N) is 2. The minimum atomic E-state index is 0.214. The normalized spacial score (nSPS) is 22.2. The van der Waals surface area contributed by atoms with Crippen molar-refractivity contribution in [3.8, 4) is 0 Å². The third-order valence-electron chi connectivity index (χ3n) is 3.34. The third kappa shape index (κ3) is 3.28. The highest BCUT2D eigenvalue weighted by atomic mass is 15.0. The summed E-state index contributed by atoms with van der Waals surface area (Å²) in [7, 11) is 2.03. The molecule has 0 unspecified atom stereocenters. The van der Waals surface area contributed by atoms with Crippen LogP contribution in [0.1, 0.15) is 46.5 Å². The van der Waals surface area contributed by atoms with E-state index >= 15 is 0 Å². The molecule has 1 rings (SSSR count). The molecular weight excluding hydrogens is 160 g/mol. The van der Waals surface area contributed by atoms with E-state index in [1.165, 1.54) is 25.7 Å². The van der Waals surface area contributed by atoms with Crippen molar-refractivity contribution in [3.05, 3.63) is 0 Å². The first kappa shape index (κ1) is 11.0. The quantitative estimate of drug-likeness (QED) is 0.697. The van der Waals surface area contributed by atoms with Gasteiger partial charge in [-0.05, 0) is 40.7 Å². The summed E-state index contributed by atoms with van der Waals surface area (Å²) in [5.41, 5.74) is 0.625. The summed E-state index contributed by atoms with van der Waals surface area (Å²) in [5.74, 6) is 0. The minimum Gasteiger partial charge on any atom is -0.314 e. The summed E-state index contributed by atoms with van der Waals surface area (Å²) in [5, 5.41) is 7.01. The molecule has 2 nitrogen and oxygen atoms in total. The van der Waals surface area contributed by atoms with Crippen molar-refractivity contribution in [1.82, 2.24) is 10.6 Å². The van der Waals surface area contributed by atoms with Crippen molar-refractivity contribution in [2.45, 2.75) is 57.5 Å². The number of hydrogen-bond acceptors (Lipinski definition) is 2. The summed E-state index contributed by atoms with van der Waals surface area (Å²) in [6.45, 7) is 7.88. The second kappa shape index (κ2) is 3.97. The highest BCUT2D eigenvalue weighted by molar-refractivity contribution is 4.91. The summed E-state index contributed by atoms with van der Waals surface area (Å²) in [6.07, 6.45) is 5.46. The number of likely N-dealkylation sites (N-methyl/N-ethyl adjacent to an activating group) is 1. The summed E-state index contributed by atoms with van der Waals surface area (Å²) < 4.78 is 0. The van der Waals surface area contributed by atoms with Crippen LogP contribution in [-0.2, 0) is 0 Å². The largest absolute Gasteiger partial charge is 0.314 e. The van der Waals surface area contributed by atoms with Crippen molar-refractivity contribution in [1.29, 1.82) is 0 Å². The molecule has 0 radical (unpaired) electrons. The predicted molar refractivity (Wildman–Crippen MR) is 58.0 cm³/mol. The van der Waals surface area contributed by atoms with Crippen molar-refractivity contribution >= 4 is 0 Å². The lowest BCUT2D eigenvalue weighted by Gasteiger charge is -2.32. The van der Waals surface area contributed by atoms with Gasteiger partial charge in [-0.1, -0.05) is 12.8 Å². The van der Waals surface area contributed by atoms with E-state index < -0.39 is 0 Å². The Bertz CT molecular complexity index is 157. The van der Waals surface area contributed by atoms with Gasteiger partial charge in [0.2, 0.25) is 0 Å². The summed E-state index contributed by atoms with van der Waals surface area (Å²) >= 11 is 0. The van der Waals surface area contributed by atoms with Crippen LogP contribution in [0.4, 0.5) is 0 Å². The molecular formula is C11H24N2. The molecule has 0 aromatic heterocycles. The minimum absolute atomic E-state index is 0.214. The lowest BCUT2D eigenvalue weighted by atomic mass is 9.98. The molecule has 0 atom stereocenters. The van der Waals surface area contributed by atoms with Gasteiger partial charge in [-0.3, -0.25) is 0 Å². The topological polar surface area (TPSA) is 24.1 Å². The zero-order valence-corrected chi connectivity index (χ0v) is 9.54. The molecule has 13 heavy (non-hydrogen) atoms. The van der Waals surface area contributed by atoms with Gasteiger partial charge in [0.1, 0.15) is 0 Å². The van der Waals surface area contributed by atoms with E-state index in [1.807, 2.05) is 7.05 Å². The second-order valence-corrected chi connectivity index (χ2v) is 5.26. The van der Waals surface area contributed by atoms with Crippen LogP contribution in [0, 0.1) is 0 Å². The first-order valence-corrected chi connectivity index (χ1v) is 5.41. The molecule has 0 heterocycles. The van der Waals surface area contributed by atoms with Gasteiger partial charge in [-0.2, -0.15) is 0 Å². The van der Waals surface area contributed by atoms with Crippen LogP contribution < -0.4 is 10.6 Å². The molecule has 1 aliphatic carbocycles. The van der Waals surface area contributed by atoms with Crippen LogP contribution in [0.25, 0.3) is 0 Å². The van der Waals surface area contributed by atoms with Gasteiger partial charge >= 0.3 is 0 Å². The average molecular weight is 184 g/mol. The molecule has 2 N–H and O–H groups in total. The van der Waals surface area contributed by atoms with E-state index in [9.17, 15) is 0 Å². The van der Waals surface area contributed by atoms with Gasteiger partial charge in [0.05, 0.1) is 0 Å². The zero-order chi connectivity index (χ0) is 9.95. The highest BCUT2D eigenvalue weighted by Gasteiger charge is 2.29. The zero-order valence-electron chi connectivity index (χ0n) is 9.54. The first-order chi connectivity index (χ1) is 5.97. The van der Waals surface area contributed by atoms with Crippen molar-refractivity contribution < 1.29 is 0 Å².